The lowest BCUT2D eigenvalue weighted by molar-refractivity contribution is -0.115. The monoisotopic (exact) mass is 396 g/mol. The zero-order valence-electron chi connectivity index (χ0n) is 16.2. The predicted octanol–water partition coefficient (Wildman–Crippen LogP) is 2.83. The van der Waals surface area contributed by atoms with E-state index in [2.05, 4.69) is 20.8 Å². The summed E-state index contributed by atoms with van der Waals surface area (Å²) < 4.78 is 15.3. The molecule has 29 heavy (non-hydrogen) atoms. The molecule has 1 heterocycles. The van der Waals surface area contributed by atoms with Gasteiger partial charge in [0.25, 0.3) is 5.91 Å². The number of hydrogen-bond donors (Lipinski definition) is 2. The summed E-state index contributed by atoms with van der Waals surface area (Å²) in [7, 11) is 3.05. The lowest BCUT2D eigenvalue weighted by Crippen LogP contribution is -2.19. The number of nitrogens with zero attached hydrogens (tertiary/aromatic N) is 2. The molecule has 0 atom stereocenters. The summed E-state index contributed by atoms with van der Waals surface area (Å²) in [6, 6.07) is 11.7. The molecule has 0 unspecified atom stereocenters. The molecule has 0 saturated heterocycles. The van der Waals surface area contributed by atoms with E-state index in [1.807, 2.05) is 0 Å². The summed E-state index contributed by atoms with van der Waals surface area (Å²) >= 11 is 0. The molecule has 9 heteroatoms. The van der Waals surface area contributed by atoms with Crippen molar-refractivity contribution >= 4 is 23.2 Å². The van der Waals surface area contributed by atoms with E-state index in [1.54, 1.807) is 49.4 Å². The van der Waals surface area contributed by atoms with E-state index >= 15 is 0 Å². The summed E-state index contributed by atoms with van der Waals surface area (Å²) in [5, 5.41) is 9.19. The van der Waals surface area contributed by atoms with Gasteiger partial charge in [0.1, 0.15) is 0 Å². The van der Waals surface area contributed by atoms with Gasteiger partial charge in [0, 0.05) is 18.7 Å². The number of para-hydroxylation sites is 1. The Hall–Kier alpha value is -3.88. The first-order chi connectivity index (χ1) is 14.0. The van der Waals surface area contributed by atoms with Crippen LogP contribution >= 0.6 is 0 Å². The van der Waals surface area contributed by atoms with Crippen LogP contribution in [0.2, 0.25) is 0 Å². The van der Waals surface area contributed by atoms with Gasteiger partial charge in [0.2, 0.25) is 11.8 Å². The zero-order chi connectivity index (χ0) is 20.8. The van der Waals surface area contributed by atoms with Crippen molar-refractivity contribution in [1.29, 1.82) is 0 Å². The maximum absolute atomic E-state index is 12.8. The third-order valence-electron chi connectivity index (χ3n) is 3.98. The molecule has 0 aliphatic carbocycles. The van der Waals surface area contributed by atoms with E-state index in [4.69, 9.17) is 14.0 Å². The number of methoxy groups -OCH3 is 2. The number of ether oxygens (including phenoxy) is 2. The van der Waals surface area contributed by atoms with Crippen molar-refractivity contribution in [3.05, 3.63) is 59.7 Å². The second-order valence-electron chi connectivity index (χ2n) is 6.02. The molecule has 2 N–H and O–H groups in total. The predicted molar refractivity (Wildman–Crippen MR) is 105 cm³/mol. The van der Waals surface area contributed by atoms with Crippen molar-refractivity contribution in [1.82, 2.24) is 10.1 Å². The van der Waals surface area contributed by atoms with Crippen LogP contribution in [0.15, 0.2) is 47.0 Å². The summed E-state index contributed by atoms with van der Waals surface area (Å²) in [6.45, 7) is 1.64. The molecule has 1 aromatic heterocycles. The Morgan fingerprint density at radius 2 is 1.79 bits per heavy atom. The van der Waals surface area contributed by atoms with Crippen LogP contribution < -0.4 is 20.1 Å². The minimum Gasteiger partial charge on any atom is -0.493 e. The highest BCUT2D eigenvalue weighted by Gasteiger charge is 2.16. The molecule has 0 aliphatic heterocycles. The quantitative estimate of drug-likeness (QED) is 0.631. The summed E-state index contributed by atoms with van der Waals surface area (Å²) in [6.07, 6.45) is -0.0665. The number of amides is 2. The topological polar surface area (TPSA) is 116 Å². The first-order valence-corrected chi connectivity index (χ1v) is 8.71. The van der Waals surface area contributed by atoms with Crippen LogP contribution in [0.4, 0.5) is 11.4 Å². The first kappa shape index (κ1) is 19.9. The third-order valence-corrected chi connectivity index (χ3v) is 3.98. The number of hydrogen-bond acceptors (Lipinski definition) is 7. The standard InChI is InChI=1S/C20H20N4O5/c1-12-21-18(24-29-12)11-19(25)23-15-7-5-4-6-14(15)20(26)22-13-8-9-16(27-2)17(10-13)28-3/h4-10H,11H2,1-3H3,(H,22,26)(H,23,25). The number of aromatic nitrogens is 2. The van der Waals surface area contributed by atoms with E-state index < -0.39 is 0 Å². The summed E-state index contributed by atoms with van der Waals surface area (Å²) in [5.74, 6) is 0.938. The highest BCUT2D eigenvalue weighted by atomic mass is 16.5. The molecule has 3 aromatic rings. The van der Waals surface area contributed by atoms with Crippen molar-refractivity contribution in [3.63, 3.8) is 0 Å². The van der Waals surface area contributed by atoms with Crippen LogP contribution in [0.1, 0.15) is 22.1 Å². The average molecular weight is 396 g/mol. The summed E-state index contributed by atoms with van der Waals surface area (Å²) in [5.41, 5.74) is 1.20. The molecule has 0 radical (unpaired) electrons. The van der Waals surface area contributed by atoms with Gasteiger partial charge in [-0.1, -0.05) is 17.3 Å². The minimum atomic E-state index is -0.386. The lowest BCUT2D eigenvalue weighted by atomic mass is 10.1. The van der Waals surface area contributed by atoms with Gasteiger partial charge >= 0.3 is 0 Å². The highest BCUT2D eigenvalue weighted by Crippen LogP contribution is 2.30. The second kappa shape index (κ2) is 8.87. The van der Waals surface area contributed by atoms with Gasteiger partial charge in [-0.3, -0.25) is 9.59 Å². The molecular formula is C20H20N4O5. The van der Waals surface area contributed by atoms with Crippen LogP contribution in [0.25, 0.3) is 0 Å². The number of aryl methyl sites for hydroxylation is 1. The fraction of sp³-hybridized carbons (Fsp3) is 0.200. The number of carbonyl (C=O) groups is 2. The summed E-state index contributed by atoms with van der Waals surface area (Å²) in [4.78, 5) is 29.0. The second-order valence-corrected chi connectivity index (χ2v) is 6.02. The van der Waals surface area contributed by atoms with Crippen molar-refractivity contribution in [3.8, 4) is 11.5 Å². The van der Waals surface area contributed by atoms with Crippen molar-refractivity contribution in [2.45, 2.75) is 13.3 Å². The Bertz CT molecular complexity index is 1030. The fourth-order valence-electron chi connectivity index (χ4n) is 2.65. The maximum atomic E-state index is 12.8. The number of carbonyl (C=O) groups excluding carboxylic acids is 2. The molecule has 0 fully saturated rings. The van der Waals surface area contributed by atoms with Crippen LogP contribution in [0.3, 0.4) is 0 Å². The maximum Gasteiger partial charge on any atom is 0.257 e. The van der Waals surface area contributed by atoms with Gasteiger partial charge in [-0.25, -0.2) is 0 Å². The Balaban J connectivity index is 1.74. The fourth-order valence-corrected chi connectivity index (χ4v) is 2.65. The molecule has 3 rings (SSSR count). The highest BCUT2D eigenvalue weighted by molar-refractivity contribution is 6.10. The molecule has 0 aliphatic rings. The number of rotatable bonds is 7. The van der Waals surface area contributed by atoms with Gasteiger partial charge in [0.15, 0.2) is 17.3 Å². The normalized spacial score (nSPS) is 10.3. The van der Waals surface area contributed by atoms with Gasteiger partial charge in [0.05, 0.1) is 31.9 Å². The van der Waals surface area contributed by atoms with E-state index in [0.717, 1.165) is 0 Å². The smallest absolute Gasteiger partial charge is 0.257 e. The molecule has 9 nitrogen and oxygen atoms in total. The number of nitrogens with one attached hydrogen (secondary N) is 2. The van der Waals surface area contributed by atoms with Gasteiger partial charge < -0.3 is 24.6 Å². The largest absolute Gasteiger partial charge is 0.493 e. The van der Waals surface area contributed by atoms with E-state index in [1.165, 1.54) is 14.2 Å². The number of anilines is 2. The van der Waals surface area contributed by atoms with Gasteiger partial charge in [-0.2, -0.15) is 4.98 Å². The third kappa shape index (κ3) is 4.89. The Morgan fingerprint density at radius 1 is 1.03 bits per heavy atom. The molecule has 0 bridgehead atoms. The minimum absolute atomic E-state index is 0.0665. The molecule has 150 valence electrons. The van der Waals surface area contributed by atoms with Gasteiger partial charge in [-0.15, -0.1) is 0 Å². The van der Waals surface area contributed by atoms with Crippen LogP contribution in [0, 0.1) is 6.92 Å². The molecule has 0 saturated carbocycles. The van der Waals surface area contributed by atoms with Crippen LogP contribution in [-0.2, 0) is 11.2 Å². The van der Waals surface area contributed by atoms with Crippen LogP contribution in [0.5, 0.6) is 11.5 Å². The molecule has 0 spiro atoms. The lowest BCUT2D eigenvalue weighted by Gasteiger charge is -2.13. The SMILES string of the molecule is COc1ccc(NC(=O)c2ccccc2NC(=O)Cc2noc(C)n2)cc1OC. The van der Waals surface area contributed by atoms with E-state index in [-0.39, 0.29) is 24.1 Å². The number of benzene rings is 2. The van der Waals surface area contributed by atoms with Crippen LogP contribution in [-0.4, -0.2) is 36.2 Å². The van der Waals surface area contributed by atoms with Gasteiger partial charge in [-0.05, 0) is 24.3 Å². The van der Waals surface area contributed by atoms with Crippen molar-refractivity contribution in [2.75, 3.05) is 24.9 Å². The van der Waals surface area contributed by atoms with Crippen molar-refractivity contribution in [2.24, 2.45) is 0 Å². The zero-order valence-corrected chi connectivity index (χ0v) is 16.2. The van der Waals surface area contributed by atoms with E-state index in [9.17, 15) is 9.59 Å². The first-order valence-electron chi connectivity index (χ1n) is 8.71. The molecule has 2 aromatic carbocycles. The Labute approximate surface area is 167 Å². The average Bonchev–Trinajstić information content (AvgIpc) is 3.12. The molecule has 2 amide bonds. The Morgan fingerprint density at radius 3 is 2.48 bits per heavy atom. The molecular weight excluding hydrogens is 376 g/mol. The van der Waals surface area contributed by atoms with Crippen molar-refractivity contribution < 1.29 is 23.6 Å². The Kier molecular flexibility index (Phi) is 6.08. The van der Waals surface area contributed by atoms with E-state index in [0.29, 0.717) is 34.3 Å².